The number of furan rings is 1. The van der Waals surface area contributed by atoms with Crippen molar-refractivity contribution in [3.8, 4) is 0 Å². The quantitative estimate of drug-likeness (QED) is 0.148. The minimum Gasteiger partial charge on any atom is -0.467 e. The summed E-state index contributed by atoms with van der Waals surface area (Å²) in [6.07, 6.45) is 2.42. The van der Waals surface area contributed by atoms with Gasteiger partial charge in [0, 0.05) is 17.7 Å². The first-order valence-electron chi connectivity index (χ1n) is 14.0. The first-order chi connectivity index (χ1) is 22.6. The minimum absolute atomic E-state index is 0.115. The summed E-state index contributed by atoms with van der Waals surface area (Å²) in [5.74, 6) is -5.66. The molecule has 18 heteroatoms. The minimum atomic E-state index is -4.30. The lowest BCUT2D eigenvalue weighted by Gasteiger charge is -2.47. The number of aliphatic hydroxyl groups is 1. The van der Waals surface area contributed by atoms with Crippen molar-refractivity contribution in [1.82, 2.24) is 4.90 Å². The van der Waals surface area contributed by atoms with Crippen LogP contribution in [0.5, 0.6) is 0 Å². The Morgan fingerprint density at radius 2 is 1.85 bits per heavy atom. The zero-order valence-electron chi connectivity index (χ0n) is 25.4. The highest BCUT2D eigenvalue weighted by atomic mass is 35.5. The fourth-order valence-corrected chi connectivity index (χ4v) is 5.83. The predicted octanol–water partition coefficient (Wildman–Crippen LogP) is 3.78. The summed E-state index contributed by atoms with van der Waals surface area (Å²) in [6.45, 7) is 1.56. The number of hydrogen-bond acceptors (Lipinski definition) is 12. The summed E-state index contributed by atoms with van der Waals surface area (Å²) in [4.78, 5) is 38.4. The third-order valence-corrected chi connectivity index (χ3v) is 8.45. The number of esters is 2. The average molecular weight is 714 g/mol. The molecule has 1 aliphatic heterocycles. The van der Waals surface area contributed by atoms with Crippen molar-refractivity contribution in [2.75, 3.05) is 25.3 Å². The van der Waals surface area contributed by atoms with Crippen LogP contribution in [0.2, 0.25) is 5.02 Å². The van der Waals surface area contributed by atoms with Gasteiger partial charge in [0.05, 0.1) is 47.8 Å². The largest absolute Gasteiger partial charge is 0.467 e. The number of primary sulfonamides is 1. The van der Waals surface area contributed by atoms with Crippen LogP contribution in [0.15, 0.2) is 70.2 Å². The molecule has 1 aromatic heterocycles. The molecule has 0 radical (unpaired) electrons. The number of rotatable bonds is 11. The number of morpholine rings is 1. The van der Waals surface area contributed by atoms with Crippen LogP contribution in [0, 0.1) is 11.6 Å². The maximum absolute atomic E-state index is 13.8. The molecule has 3 aromatic rings. The smallest absolute Gasteiger partial charge is 0.413 e. The number of nitrogens with one attached hydrogen (secondary N) is 1. The van der Waals surface area contributed by atoms with E-state index in [4.69, 9.17) is 40.1 Å². The summed E-state index contributed by atoms with van der Waals surface area (Å²) in [5, 5.41) is 19.0. The number of hydrogen-bond donors (Lipinski definition) is 3. The summed E-state index contributed by atoms with van der Waals surface area (Å²) in [5.41, 5.74) is -0.361. The van der Waals surface area contributed by atoms with Crippen LogP contribution in [0.3, 0.4) is 0 Å². The van der Waals surface area contributed by atoms with Gasteiger partial charge in [0.1, 0.15) is 28.9 Å². The number of ether oxygens (including phenoxy) is 4. The first kappa shape index (κ1) is 36.3. The van der Waals surface area contributed by atoms with Crippen molar-refractivity contribution in [1.29, 1.82) is 0 Å². The molecule has 2 aromatic carbocycles. The molecule has 4 rings (SSSR count). The number of nitrogens with zero attached hydrogens (tertiary/aromatic N) is 1. The van der Waals surface area contributed by atoms with Crippen LogP contribution in [0.25, 0.3) is 0 Å². The Morgan fingerprint density at radius 3 is 2.50 bits per heavy atom. The molecule has 48 heavy (non-hydrogen) atoms. The van der Waals surface area contributed by atoms with E-state index in [9.17, 15) is 36.7 Å². The van der Waals surface area contributed by atoms with Crippen molar-refractivity contribution in [2.45, 2.75) is 43.2 Å². The Labute approximate surface area is 278 Å². The molecule has 0 unspecified atom stereocenters. The van der Waals surface area contributed by atoms with E-state index in [1.165, 1.54) is 19.3 Å². The Bertz CT molecular complexity index is 1790. The van der Waals surface area contributed by atoms with Crippen LogP contribution in [0.4, 0.5) is 19.3 Å². The van der Waals surface area contributed by atoms with Crippen molar-refractivity contribution in [3.05, 3.63) is 94.4 Å². The molecular weight excluding hydrogens is 684 g/mol. The van der Waals surface area contributed by atoms with Gasteiger partial charge in [-0.2, -0.15) is 0 Å². The number of benzene rings is 2. The maximum Gasteiger partial charge on any atom is 0.413 e. The number of amides is 1. The maximum atomic E-state index is 13.8. The first-order valence-corrected chi connectivity index (χ1v) is 15.9. The topological polar surface area (TPSA) is 197 Å². The summed E-state index contributed by atoms with van der Waals surface area (Å²) in [6, 6.07) is 6.00. The van der Waals surface area contributed by atoms with Gasteiger partial charge in [-0.3, -0.25) is 4.90 Å². The molecule has 3 atom stereocenters. The summed E-state index contributed by atoms with van der Waals surface area (Å²) < 4.78 is 77.2. The van der Waals surface area contributed by atoms with E-state index in [1.54, 1.807) is 19.1 Å². The lowest BCUT2D eigenvalue weighted by Crippen LogP contribution is -2.62. The molecule has 258 valence electrons. The third kappa shape index (κ3) is 8.67. The highest BCUT2D eigenvalue weighted by Gasteiger charge is 2.49. The van der Waals surface area contributed by atoms with Crippen LogP contribution in [0.1, 0.15) is 35.5 Å². The number of carbonyl (C=O) groups is 3. The van der Waals surface area contributed by atoms with E-state index in [2.05, 4.69) is 5.32 Å². The normalized spacial score (nSPS) is 19.6. The number of nitrogens with two attached hydrogens (primary N) is 1. The van der Waals surface area contributed by atoms with Gasteiger partial charge in [-0.1, -0.05) is 11.6 Å². The molecule has 1 amide bonds. The van der Waals surface area contributed by atoms with Crippen LogP contribution >= 0.6 is 11.6 Å². The van der Waals surface area contributed by atoms with Crippen LogP contribution in [-0.2, 0) is 46.1 Å². The lowest BCUT2D eigenvalue weighted by molar-refractivity contribution is -0.280. The van der Waals surface area contributed by atoms with E-state index in [-0.39, 0.29) is 35.0 Å². The Balaban J connectivity index is 1.31. The van der Waals surface area contributed by atoms with Crippen LogP contribution < -0.4 is 10.5 Å². The van der Waals surface area contributed by atoms with Crippen molar-refractivity contribution < 1.29 is 60.1 Å². The SMILES string of the molecule is C[C@@H]1CO[C@@](O)(c2cc(F)cc(F)c2)[C@H](C)N1C(=O)OCOC(=O)/C=C/COC(=O)c1cc(S(N)(=O)=O)c(Cl)cc1NCc1ccco1. The van der Waals surface area contributed by atoms with E-state index in [0.717, 1.165) is 35.3 Å². The van der Waals surface area contributed by atoms with Gasteiger partial charge in [-0.25, -0.2) is 36.7 Å². The van der Waals surface area contributed by atoms with E-state index < -0.39 is 75.9 Å². The molecule has 1 saturated heterocycles. The fourth-order valence-electron chi connectivity index (χ4n) is 4.73. The molecule has 0 saturated carbocycles. The molecule has 2 heterocycles. The molecule has 0 bridgehead atoms. The van der Waals surface area contributed by atoms with Crippen molar-refractivity contribution in [2.24, 2.45) is 5.14 Å². The highest BCUT2D eigenvalue weighted by molar-refractivity contribution is 7.89. The van der Waals surface area contributed by atoms with Gasteiger partial charge in [-0.05, 0) is 56.3 Å². The van der Waals surface area contributed by atoms with Gasteiger partial charge in [0.15, 0.2) is 0 Å². The summed E-state index contributed by atoms with van der Waals surface area (Å²) >= 11 is 6.07. The number of anilines is 1. The molecular formula is C30H30ClF2N3O11S. The molecule has 4 N–H and O–H groups in total. The summed E-state index contributed by atoms with van der Waals surface area (Å²) in [7, 11) is -4.30. The van der Waals surface area contributed by atoms with Gasteiger partial charge in [0.2, 0.25) is 22.6 Å². The molecule has 1 aliphatic rings. The Hall–Kier alpha value is -4.55. The zero-order chi connectivity index (χ0) is 35.2. The van der Waals surface area contributed by atoms with E-state index in [1.807, 2.05) is 0 Å². The highest BCUT2D eigenvalue weighted by Crippen LogP contribution is 2.36. The monoisotopic (exact) mass is 713 g/mol. The molecule has 0 spiro atoms. The van der Waals surface area contributed by atoms with E-state index in [0.29, 0.717) is 11.8 Å². The van der Waals surface area contributed by atoms with Gasteiger partial charge in [0.25, 0.3) is 0 Å². The second-order valence-electron chi connectivity index (χ2n) is 10.4. The van der Waals surface area contributed by atoms with Gasteiger partial charge >= 0.3 is 18.0 Å². The lowest BCUT2D eigenvalue weighted by atomic mass is 9.94. The number of sulfonamides is 1. The van der Waals surface area contributed by atoms with Gasteiger partial charge < -0.3 is 33.8 Å². The molecule has 0 aliphatic carbocycles. The fraction of sp³-hybridized carbons (Fsp3) is 0.300. The van der Waals surface area contributed by atoms with Crippen molar-refractivity contribution >= 4 is 45.3 Å². The Morgan fingerprint density at radius 1 is 1.15 bits per heavy atom. The second kappa shape index (κ2) is 15.1. The van der Waals surface area contributed by atoms with Gasteiger partial charge in [-0.15, -0.1) is 0 Å². The number of halogens is 3. The molecule has 14 nitrogen and oxygen atoms in total. The average Bonchev–Trinajstić information content (AvgIpc) is 3.53. The standard InChI is InChI=1S/C30H30ClF2N3O11S/c1-17-15-47-30(40,19-9-20(32)11-21(33)10-19)18(2)36(17)29(39)46-16-45-27(37)6-4-8-44-28(38)23-12-26(48(34,41)42)24(31)13-25(23)35-14-22-5-3-7-43-22/h3-7,9-13,17-18,35,40H,8,14-16H2,1-2H3,(H2,34,41,42)/b6-4+/t17-,18+,30-/m1/s1. The Kier molecular flexibility index (Phi) is 11.4. The predicted molar refractivity (Wildman–Crippen MR) is 163 cm³/mol. The third-order valence-electron chi connectivity index (χ3n) is 7.07. The number of carbonyl (C=O) groups excluding carboxylic acids is 3. The van der Waals surface area contributed by atoms with Crippen LogP contribution in [-0.4, -0.2) is 68.5 Å². The zero-order valence-corrected chi connectivity index (χ0v) is 26.9. The second-order valence-corrected chi connectivity index (χ2v) is 12.3. The molecule has 1 fully saturated rings. The van der Waals surface area contributed by atoms with Crippen molar-refractivity contribution in [3.63, 3.8) is 0 Å². The van der Waals surface area contributed by atoms with E-state index >= 15 is 0 Å².